The van der Waals surface area contributed by atoms with E-state index in [1.165, 1.54) is 24.5 Å². The Morgan fingerprint density at radius 1 is 1.42 bits per heavy atom. The van der Waals surface area contributed by atoms with Crippen molar-refractivity contribution in [3.8, 4) is 5.75 Å². The summed E-state index contributed by atoms with van der Waals surface area (Å²) in [6.07, 6.45) is -4.78. The third-order valence-corrected chi connectivity index (χ3v) is 6.78. The summed E-state index contributed by atoms with van der Waals surface area (Å²) in [5.74, 6) is -0.262. The number of alkyl halides is 3. The van der Waals surface area contributed by atoms with Crippen LogP contribution in [0.5, 0.6) is 5.75 Å². The Morgan fingerprint density at radius 2 is 2.19 bits per heavy atom. The zero-order valence-electron chi connectivity index (χ0n) is 15.8. The molecule has 3 heterocycles. The molecule has 0 bridgehead atoms. The molecule has 0 radical (unpaired) electrons. The molecule has 2 atom stereocenters. The van der Waals surface area contributed by atoms with Crippen LogP contribution in [0.2, 0.25) is 5.02 Å². The number of hydrogen-bond acceptors (Lipinski definition) is 5. The molecule has 2 N–H and O–H groups in total. The fraction of sp³-hybridized carbons (Fsp3) is 0.263. The minimum absolute atomic E-state index is 0.0928. The predicted octanol–water partition coefficient (Wildman–Crippen LogP) is 6.28. The van der Waals surface area contributed by atoms with E-state index in [-0.39, 0.29) is 28.1 Å². The van der Waals surface area contributed by atoms with Crippen molar-refractivity contribution in [1.29, 1.82) is 0 Å². The van der Waals surface area contributed by atoms with Crippen molar-refractivity contribution < 1.29 is 22.7 Å². The Kier molecular flexibility index (Phi) is 5.93. The summed E-state index contributed by atoms with van der Waals surface area (Å²) in [7, 11) is 1.42. The monoisotopic (exact) mass is 534 g/mol. The number of amides is 1. The molecule has 0 spiro atoms. The van der Waals surface area contributed by atoms with Crippen molar-refractivity contribution in [2.24, 2.45) is 0 Å². The number of carbonyl (C=O) groups excluding carboxylic acids is 1. The van der Waals surface area contributed by atoms with Crippen molar-refractivity contribution in [3.63, 3.8) is 0 Å². The minimum atomic E-state index is -4.54. The van der Waals surface area contributed by atoms with Crippen LogP contribution in [0.1, 0.15) is 33.9 Å². The molecule has 0 aliphatic carbocycles. The van der Waals surface area contributed by atoms with Gasteiger partial charge >= 0.3 is 6.18 Å². The van der Waals surface area contributed by atoms with Crippen LogP contribution in [-0.4, -0.2) is 29.0 Å². The number of fused-ring (bicyclic) bond motifs is 1. The normalized spacial score (nSPS) is 18.3. The summed E-state index contributed by atoms with van der Waals surface area (Å²) in [5, 5.41) is 11.8. The Bertz CT molecular complexity index is 1120. The van der Waals surface area contributed by atoms with Gasteiger partial charge in [0.25, 0.3) is 5.91 Å². The van der Waals surface area contributed by atoms with E-state index < -0.39 is 24.2 Å². The molecular weight excluding hydrogens is 521 g/mol. The molecule has 0 saturated carbocycles. The Labute approximate surface area is 192 Å². The number of benzene rings is 1. The molecule has 1 aromatic carbocycles. The zero-order chi connectivity index (χ0) is 22.3. The fourth-order valence-corrected chi connectivity index (χ4v) is 4.89. The van der Waals surface area contributed by atoms with Crippen LogP contribution in [0, 0.1) is 0 Å². The van der Waals surface area contributed by atoms with E-state index in [0.717, 1.165) is 9.56 Å². The Balaban J connectivity index is 1.71. The van der Waals surface area contributed by atoms with Crippen molar-refractivity contribution in [3.05, 3.63) is 55.8 Å². The molecule has 31 heavy (non-hydrogen) atoms. The van der Waals surface area contributed by atoms with Gasteiger partial charge in [0.1, 0.15) is 11.6 Å². The summed E-state index contributed by atoms with van der Waals surface area (Å²) >= 11 is 10.6. The van der Waals surface area contributed by atoms with Crippen molar-refractivity contribution in [2.75, 3.05) is 17.7 Å². The highest BCUT2D eigenvalue weighted by Gasteiger charge is 2.48. The van der Waals surface area contributed by atoms with Crippen molar-refractivity contribution in [2.45, 2.75) is 24.7 Å². The van der Waals surface area contributed by atoms with Gasteiger partial charge in [0.05, 0.1) is 23.3 Å². The van der Waals surface area contributed by atoms with Gasteiger partial charge in [-0.3, -0.25) is 4.79 Å². The lowest BCUT2D eigenvalue weighted by molar-refractivity contribution is -0.173. The van der Waals surface area contributed by atoms with E-state index in [9.17, 15) is 18.0 Å². The SMILES string of the molecule is COc1ccc(Cl)cc1NC(=O)c1nn2c(c1Br)N[C@@H](c1cccs1)C[C@H]2C(F)(F)F. The fourth-order valence-electron chi connectivity index (χ4n) is 3.37. The van der Waals surface area contributed by atoms with Gasteiger partial charge in [0.2, 0.25) is 0 Å². The summed E-state index contributed by atoms with van der Waals surface area (Å²) in [6, 6.07) is 5.75. The smallest absolute Gasteiger partial charge is 0.410 e. The first-order valence-corrected chi connectivity index (χ1v) is 11.0. The van der Waals surface area contributed by atoms with Crippen LogP contribution >= 0.6 is 38.9 Å². The molecule has 2 aromatic heterocycles. The first kappa shape index (κ1) is 22.0. The summed E-state index contributed by atoms with van der Waals surface area (Å²) in [4.78, 5) is 13.6. The molecule has 3 aromatic rings. The van der Waals surface area contributed by atoms with Gasteiger partial charge in [-0.1, -0.05) is 17.7 Å². The number of nitrogens with one attached hydrogen (secondary N) is 2. The number of rotatable bonds is 4. The number of anilines is 2. The largest absolute Gasteiger partial charge is 0.495 e. The third kappa shape index (κ3) is 4.26. The van der Waals surface area contributed by atoms with E-state index in [2.05, 4.69) is 31.7 Å². The van der Waals surface area contributed by atoms with Crippen molar-refractivity contribution >= 4 is 56.3 Å². The topological polar surface area (TPSA) is 68.2 Å². The maximum atomic E-state index is 13.8. The highest BCUT2D eigenvalue weighted by molar-refractivity contribution is 9.10. The first-order valence-electron chi connectivity index (χ1n) is 8.98. The van der Waals surface area contributed by atoms with Crippen LogP contribution in [-0.2, 0) is 0 Å². The molecule has 12 heteroatoms. The maximum absolute atomic E-state index is 13.8. The molecule has 0 unspecified atom stereocenters. The van der Waals surface area contributed by atoms with E-state index in [1.54, 1.807) is 29.6 Å². The number of thiophene rings is 1. The van der Waals surface area contributed by atoms with Crippen LogP contribution in [0.25, 0.3) is 0 Å². The van der Waals surface area contributed by atoms with Crippen LogP contribution in [0.3, 0.4) is 0 Å². The van der Waals surface area contributed by atoms with E-state index >= 15 is 0 Å². The van der Waals surface area contributed by atoms with Gasteiger partial charge in [-0.15, -0.1) is 11.3 Å². The molecule has 1 amide bonds. The third-order valence-electron chi connectivity index (χ3n) is 4.81. The zero-order valence-corrected chi connectivity index (χ0v) is 19.0. The average Bonchev–Trinajstić information content (AvgIpc) is 3.35. The summed E-state index contributed by atoms with van der Waals surface area (Å²) < 4.78 is 47.7. The van der Waals surface area contributed by atoms with Gasteiger partial charge in [0.15, 0.2) is 11.7 Å². The van der Waals surface area contributed by atoms with E-state index in [0.29, 0.717) is 10.8 Å². The second kappa shape index (κ2) is 8.36. The lowest BCUT2D eigenvalue weighted by Crippen LogP contribution is -2.35. The summed E-state index contributed by atoms with van der Waals surface area (Å²) in [6.45, 7) is 0. The standard InChI is InChI=1S/C19H15BrClF3N4O2S/c1-30-12-5-4-9(21)7-10(12)26-18(29)16-15(20)17-25-11(13-3-2-6-31-13)8-14(19(22,23)24)28(17)27-16/h2-7,11,14,25H,8H2,1H3,(H,26,29)/t11-,14+/m1/s1. The summed E-state index contributed by atoms with van der Waals surface area (Å²) in [5.41, 5.74) is 0.0836. The van der Waals surface area contributed by atoms with Gasteiger partial charge in [-0.2, -0.15) is 18.3 Å². The second-order valence-corrected chi connectivity index (χ2v) is 8.97. The highest BCUT2D eigenvalue weighted by atomic mass is 79.9. The number of carbonyl (C=O) groups is 1. The molecule has 1 aliphatic rings. The Hall–Kier alpha value is -2.24. The number of nitrogens with zero attached hydrogens (tertiary/aromatic N) is 2. The molecule has 0 saturated heterocycles. The average molecular weight is 536 g/mol. The molecule has 6 nitrogen and oxygen atoms in total. The van der Waals surface area contributed by atoms with Crippen LogP contribution in [0.15, 0.2) is 40.2 Å². The van der Waals surface area contributed by atoms with E-state index in [4.69, 9.17) is 16.3 Å². The first-order chi connectivity index (χ1) is 14.7. The second-order valence-electron chi connectivity index (χ2n) is 6.76. The van der Waals surface area contributed by atoms with E-state index in [1.807, 2.05) is 0 Å². The predicted molar refractivity (Wildman–Crippen MR) is 116 cm³/mol. The number of halogens is 5. The van der Waals surface area contributed by atoms with Gasteiger partial charge < -0.3 is 15.4 Å². The number of hydrogen-bond donors (Lipinski definition) is 2. The number of methoxy groups -OCH3 is 1. The molecule has 164 valence electrons. The highest BCUT2D eigenvalue weighted by Crippen LogP contribution is 2.47. The molecular formula is C19H15BrClF3N4O2S. The Morgan fingerprint density at radius 3 is 2.84 bits per heavy atom. The van der Waals surface area contributed by atoms with Crippen LogP contribution in [0.4, 0.5) is 24.7 Å². The van der Waals surface area contributed by atoms with Crippen LogP contribution < -0.4 is 15.4 Å². The lowest BCUT2D eigenvalue weighted by Gasteiger charge is -2.33. The quantitative estimate of drug-likeness (QED) is 0.413. The molecule has 1 aliphatic heterocycles. The lowest BCUT2D eigenvalue weighted by atomic mass is 10.0. The minimum Gasteiger partial charge on any atom is -0.495 e. The van der Waals surface area contributed by atoms with Gasteiger partial charge in [0, 0.05) is 16.3 Å². The molecule has 0 fully saturated rings. The van der Waals surface area contributed by atoms with Gasteiger partial charge in [-0.05, 0) is 45.6 Å². The number of aromatic nitrogens is 2. The molecule has 4 rings (SSSR count). The van der Waals surface area contributed by atoms with Gasteiger partial charge in [-0.25, -0.2) is 4.68 Å². The maximum Gasteiger partial charge on any atom is 0.410 e. The van der Waals surface area contributed by atoms with Crippen molar-refractivity contribution in [1.82, 2.24) is 9.78 Å². The number of ether oxygens (including phenoxy) is 1.